The highest BCUT2D eigenvalue weighted by Gasteiger charge is 2.49. The lowest BCUT2D eigenvalue weighted by molar-refractivity contribution is -0.342. The van der Waals surface area contributed by atoms with Crippen LogP contribution in [0, 0.1) is 17.7 Å². The highest BCUT2D eigenvalue weighted by molar-refractivity contribution is 5.34. The van der Waals surface area contributed by atoms with Crippen LogP contribution < -0.4 is 4.74 Å². The Hall–Kier alpha value is -1.35. The SMILES string of the molecule is CCCCCC1COC(c2cccc(OC(F)F)c2F)(C2COCOC2)OC1. The maximum atomic E-state index is 15.1. The molecule has 28 heavy (non-hydrogen) atoms. The summed E-state index contributed by atoms with van der Waals surface area (Å²) in [7, 11) is 0. The highest BCUT2D eigenvalue weighted by atomic mass is 19.3. The molecule has 158 valence electrons. The Morgan fingerprint density at radius 3 is 2.46 bits per heavy atom. The largest absolute Gasteiger partial charge is 0.432 e. The molecule has 0 N–H and O–H groups in total. The highest BCUT2D eigenvalue weighted by Crippen LogP contribution is 2.43. The molecule has 5 nitrogen and oxygen atoms in total. The predicted molar refractivity (Wildman–Crippen MR) is 94.5 cm³/mol. The van der Waals surface area contributed by atoms with Crippen LogP contribution in [0.4, 0.5) is 13.2 Å². The van der Waals surface area contributed by atoms with Crippen molar-refractivity contribution >= 4 is 0 Å². The second-order valence-electron chi connectivity index (χ2n) is 7.20. The van der Waals surface area contributed by atoms with E-state index >= 15 is 4.39 Å². The van der Waals surface area contributed by atoms with Crippen molar-refractivity contribution in [3.05, 3.63) is 29.6 Å². The first-order chi connectivity index (χ1) is 13.6. The molecule has 3 rings (SSSR count). The van der Waals surface area contributed by atoms with E-state index in [2.05, 4.69) is 11.7 Å². The molecule has 0 aromatic heterocycles. The Balaban J connectivity index is 1.85. The first-order valence-corrected chi connectivity index (χ1v) is 9.74. The molecular weight excluding hydrogens is 377 g/mol. The standard InChI is InChI=1S/C20H27F3O5/c1-2-3-4-6-14-9-26-20(27-10-14,15-11-24-13-25-12-15)16-7-5-8-17(18(16)21)28-19(22)23/h5,7-8,14-15,19H,2-4,6,9-13H2,1H3. The molecule has 0 aliphatic carbocycles. The number of hydrogen-bond donors (Lipinski definition) is 0. The first-order valence-electron chi connectivity index (χ1n) is 9.74. The molecule has 8 heteroatoms. The lowest BCUT2D eigenvalue weighted by Crippen LogP contribution is -2.52. The Bertz CT molecular complexity index is 614. The fourth-order valence-electron chi connectivity index (χ4n) is 3.71. The molecule has 2 saturated heterocycles. The molecule has 0 atom stereocenters. The van der Waals surface area contributed by atoms with Crippen LogP contribution >= 0.6 is 0 Å². The molecule has 0 bridgehead atoms. The van der Waals surface area contributed by atoms with Crippen molar-refractivity contribution in [3.8, 4) is 5.75 Å². The van der Waals surface area contributed by atoms with Gasteiger partial charge in [-0.25, -0.2) is 4.39 Å². The normalized spacial score (nSPS) is 26.5. The minimum Gasteiger partial charge on any atom is -0.432 e. The van der Waals surface area contributed by atoms with Crippen LogP contribution in [0.15, 0.2) is 18.2 Å². The van der Waals surface area contributed by atoms with Crippen LogP contribution in [-0.2, 0) is 24.7 Å². The molecule has 0 unspecified atom stereocenters. The Labute approximate surface area is 163 Å². The van der Waals surface area contributed by atoms with Gasteiger partial charge in [-0.1, -0.05) is 38.3 Å². The smallest absolute Gasteiger partial charge is 0.387 e. The van der Waals surface area contributed by atoms with Crippen molar-refractivity contribution in [1.29, 1.82) is 0 Å². The third kappa shape index (κ3) is 4.79. The summed E-state index contributed by atoms with van der Waals surface area (Å²) in [5.74, 6) is -3.16. The summed E-state index contributed by atoms with van der Waals surface area (Å²) < 4.78 is 67.6. The third-order valence-electron chi connectivity index (χ3n) is 5.18. The summed E-state index contributed by atoms with van der Waals surface area (Å²) in [6.07, 6.45) is 4.28. The van der Waals surface area contributed by atoms with Crippen molar-refractivity contribution in [1.82, 2.24) is 0 Å². The minimum absolute atomic E-state index is 0.0248. The molecule has 0 saturated carbocycles. The van der Waals surface area contributed by atoms with Crippen molar-refractivity contribution < 1.29 is 36.9 Å². The predicted octanol–water partition coefficient (Wildman–Crippen LogP) is 4.44. The molecule has 1 aromatic rings. The zero-order valence-corrected chi connectivity index (χ0v) is 16.0. The number of unbranched alkanes of at least 4 members (excludes halogenated alkanes) is 2. The molecule has 2 aliphatic rings. The minimum atomic E-state index is -3.13. The van der Waals surface area contributed by atoms with Crippen LogP contribution in [0.3, 0.4) is 0 Å². The molecule has 2 aliphatic heterocycles. The van der Waals surface area contributed by atoms with E-state index in [-0.39, 0.29) is 31.5 Å². The van der Waals surface area contributed by atoms with Crippen molar-refractivity contribution in [3.63, 3.8) is 0 Å². The maximum absolute atomic E-state index is 15.1. The van der Waals surface area contributed by atoms with Gasteiger partial charge in [-0.2, -0.15) is 8.78 Å². The number of rotatable bonds is 8. The zero-order valence-electron chi connectivity index (χ0n) is 16.0. The van der Waals surface area contributed by atoms with E-state index in [9.17, 15) is 8.78 Å². The maximum Gasteiger partial charge on any atom is 0.387 e. The van der Waals surface area contributed by atoms with Crippen molar-refractivity contribution in [2.75, 3.05) is 33.2 Å². The molecule has 0 amide bonds. The Kier molecular flexibility index (Phi) is 7.56. The van der Waals surface area contributed by atoms with Gasteiger partial charge < -0.3 is 23.7 Å². The van der Waals surface area contributed by atoms with Gasteiger partial charge in [-0.15, -0.1) is 0 Å². The van der Waals surface area contributed by atoms with Gasteiger partial charge in [0.2, 0.25) is 5.79 Å². The van der Waals surface area contributed by atoms with Gasteiger partial charge >= 0.3 is 6.61 Å². The topological polar surface area (TPSA) is 46.2 Å². The number of halogens is 3. The fourth-order valence-corrected chi connectivity index (χ4v) is 3.71. The summed E-state index contributed by atoms with van der Waals surface area (Å²) in [4.78, 5) is 0. The van der Waals surface area contributed by atoms with Gasteiger partial charge in [-0.05, 0) is 12.5 Å². The number of ether oxygens (including phenoxy) is 5. The Morgan fingerprint density at radius 2 is 1.82 bits per heavy atom. The van der Waals surface area contributed by atoms with Gasteiger partial charge in [0.1, 0.15) is 6.79 Å². The number of benzene rings is 1. The summed E-state index contributed by atoms with van der Waals surface area (Å²) in [5, 5.41) is 0. The van der Waals surface area contributed by atoms with Crippen LogP contribution in [0.25, 0.3) is 0 Å². The summed E-state index contributed by atoms with van der Waals surface area (Å²) in [5.41, 5.74) is 0.0248. The summed E-state index contributed by atoms with van der Waals surface area (Å²) >= 11 is 0. The lowest BCUT2D eigenvalue weighted by Gasteiger charge is -2.46. The van der Waals surface area contributed by atoms with Crippen LogP contribution in [0.2, 0.25) is 0 Å². The average Bonchev–Trinajstić information content (AvgIpc) is 2.71. The summed E-state index contributed by atoms with van der Waals surface area (Å²) in [6, 6.07) is 4.07. The van der Waals surface area contributed by atoms with E-state index < -0.39 is 29.9 Å². The average molecular weight is 404 g/mol. The molecule has 1 aromatic carbocycles. The molecular formula is C20H27F3O5. The Morgan fingerprint density at radius 1 is 1.11 bits per heavy atom. The molecule has 0 spiro atoms. The zero-order chi connectivity index (χ0) is 20.0. The monoisotopic (exact) mass is 404 g/mol. The number of alkyl halides is 2. The second-order valence-corrected chi connectivity index (χ2v) is 7.20. The van der Waals surface area contributed by atoms with Gasteiger partial charge in [0, 0.05) is 5.92 Å². The fraction of sp³-hybridized carbons (Fsp3) is 0.700. The van der Waals surface area contributed by atoms with Gasteiger partial charge in [0.25, 0.3) is 0 Å². The van der Waals surface area contributed by atoms with Crippen LogP contribution in [-0.4, -0.2) is 39.8 Å². The molecule has 2 heterocycles. The van der Waals surface area contributed by atoms with E-state index in [0.29, 0.717) is 13.2 Å². The quantitative estimate of drug-likeness (QED) is 0.600. The summed E-state index contributed by atoms with van der Waals surface area (Å²) in [6.45, 7) is 0.430. The van der Waals surface area contributed by atoms with Crippen molar-refractivity contribution in [2.24, 2.45) is 11.8 Å². The second kappa shape index (κ2) is 9.91. The van der Waals surface area contributed by atoms with Gasteiger partial charge in [-0.3, -0.25) is 0 Å². The van der Waals surface area contributed by atoms with Gasteiger partial charge in [0.05, 0.1) is 37.9 Å². The van der Waals surface area contributed by atoms with E-state index in [1.54, 1.807) is 0 Å². The first kappa shape index (κ1) is 21.4. The number of hydrogen-bond acceptors (Lipinski definition) is 5. The van der Waals surface area contributed by atoms with Crippen molar-refractivity contribution in [2.45, 2.75) is 45.0 Å². The van der Waals surface area contributed by atoms with E-state index in [4.69, 9.17) is 18.9 Å². The van der Waals surface area contributed by atoms with Crippen LogP contribution in [0.1, 0.15) is 38.2 Å². The third-order valence-corrected chi connectivity index (χ3v) is 5.18. The van der Waals surface area contributed by atoms with Gasteiger partial charge in [0.15, 0.2) is 11.6 Å². The lowest BCUT2D eigenvalue weighted by atomic mass is 9.89. The van der Waals surface area contributed by atoms with E-state index in [0.717, 1.165) is 31.7 Å². The molecule has 0 radical (unpaired) electrons. The van der Waals surface area contributed by atoms with E-state index in [1.807, 2.05) is 0 Å². The molecule has 2 fully saturated rings. The van der Waals surface area contributed by atoms with E-state index in [1.165, 1.54) is 12.1 Å². The van der Waals surface area contributed by atoms with Crippen LogP contribution in [0.5, 0.6) is 5.75 Å².